The highest BCUT2D eigenvalue weighted by molar-refractivity contribution is 7.88. The van der Waals surface area contributed by atoms with Crippen molar-refractivity contribution < 1.29 is 18.3 Å². The molecule has 2 N–H and O–H groups in total. The maximum atomic E-state index is 12.0. The predicted molar refractivity (Wildman–Crippen MR) is 101 cm³/mol. The topological polar surface area (TPSA) is 83.5 Å². The van der Waals surface area contributed by atoms with E-state index in [0.29, 0.717) is 25.7 Å². The Hall–Kier alpha value is -2.18. The van der Waals surface area contributed by atoms with Crippen molar-refractivity contribution in [1.29, 1.82) is 0 Å². The molecule has 26 heavy (non-hydrogen) atoms. The molecule has 138 valence electrons. The predicted octanol–water partition coefficient (Wildman–Crippen LogP) is 3.07. The standard InChI is InChI=1S/C20H23NO4S/c1-26(24,25)21-18-10-11-20(14-18,19(22)23)13-15-6-5-9-17(12-15)16-7-3-2-4-8-16/h2-9,12,18,21H,10-11,13-14H2,1H3,(H,22,23)/t18-,20+/m0/s1. The van der Waals surface area contributed by atoms with Gasteiger partial charge in [0.2, 0.25) is 10.0 Å². The van der Waals surface area contributed by atoms with Crippen LogP contribution in [0, 0.1) is 5.41 Å². The van der Waals surface area contributed by atoms with Crippen LogP contribution < -0.4 is 4.72 Å². The highest BCUT2D eigenvalue weighted by Crippen LogP contribution is 2.42. The number of carboxylic acid groups (broad SMARTS) is 1. The second kappa shape index (κ2) is 7.21. The van der Waals surface area contributed by atoms with E-state index in [-0.39, 0.29) is 6.04 Å². The molecule has 3 rings (SSSR count). The van der Waals surface area contributed by atoms with Crippen LogP contribution in [0.5, 0.6) is 0 Å². The number of carbonyl (C=O) groups is 1. The Balaban J connectivity index is 1.83. The monoisotopic (exact) mass is 373 g/mol. The Labute approximate surface area is 154 Å². The van der Waals surface area contributed by atoms with Gasteiger partial charge in [-0.3, -0.25) is 4.79 Å². The third kappa shape index (κ3) is 4.31. The summed E-state index contributed by atoms with van der Waals surface area (Å²) >= 11 is 0. The molecule has 0 spiro atoms. The van der Waals surface area contributed by atoms with Crippen LogP contribution in [0.15, 0.2) is 54.6 Å². The summed E-state index contributed by atoms with van der Waals surface area (Å²) in [6, 6.07) is 17.5. The maximum absolute atomic E-state index is 12.0. The largest absolute Gasteiger partial charge is 0.481 e. The summed E-state index contributed by atoms with van der Waals surface area (Å²) in [7, 11) is -3.34. The molecule has 1 aliphatic carbocycles. The molecule has 2 aromatic carbocycles. The summed E-state index contributed by atoms with van der Waals surface area (Å²) in [5.74, 6) is -0.861. The van der Waals surface area contributed by atoms with Gasteiger partial charge in [-0.2, -0.15) is 0 Å². The zero-order chi connectivity index (χ0) is 18.8. The van der Waals surface area contributed by atoms with Gasteiger partial charge in [0.25, 0.3) is 0 Å². The fourth-order valence-corrected chi connectivity index (χ4v) is 4.65. The van der Waals surface area contributed by atoms with E-state index in [4.69, 9.17) is 0 Å². The van der Waals surface area contributed by atoms with E-state index in [1.807, 2.05) is 54.6 Å². The molecule has 1 aliphatic rings. The molecule has 0 amide bonds. The van der Waals surface area contributed by atoms with Gasteiger partial charge in [-0.05, 0) is 42.4 Å². The van der Waals surface area contributed by atoms with Crippen LogP contribution in [0.2, 0.25) is 0 Å². The van der Waals surface area contributed by atoms with Crippen molar-refractivity contribution in [2.75, 3.05) is 6.26 Å². The molecule has 5 nitrogen and oxygen atoms in total. The van der Waals surface area contributed by atoms with Crippen LogP contribution in [-0.2, 0) is 21.2 Å². The van der Waals surface area contributed by atoms with E-state index in [2.05, 4.69) is 4.72 Å². The van der Waals surface area contributed by atoms with Gasteiger partial charge in [0.1, 0.15) is 0 Å². The van der Waals surface area contributed by atoms with Gasteiger partial charge >= 0.3 is 5.97 Å². The molecule has 0 aromatic heterocycles. The SMILES string of the molecule is CS(=O)(=O)N[C@H]1CC[C@](Cc2cccc(-c3ccccc3)c2)(C(=O)O)C1. The minimum absolute atomic E-state index is 0.310. The Morgan fingerprint density at radius 3 is 2.50 bits per heavy atom. The molecular formula is C20H23NO4S. The van der Waals surface area contributed by atoms with E-state index in [9.17, 15) is 18.3 Å². The Bertz CT molecular complexity index is 895. The van der Waals surface area contributed by atoms with Crippen molar-refractivity contribution in [2.24, 2.45) is 5.41 Å². The molecule has 0 aliphatic heterocycles. The fourth-order valence-electron chi connectivity index (χ4n) is 3.84. The summed E-state index contributed by atoms with van der Waals surface area (Å²) in [5, 5.41) is 9.85. The first-order valence-corrected chi connectivity index (χ1v) is 10.5. The number of sulfonamides is 1. The summed E-state index contributed by atoms with van der Waals surface area (Å²) in [6.07, 6.45) is 2.82. The molecule has 0 unspecified atom stereocenters. The quantitative estimate of drug-likeness (QED) is 0.815. The molecule has 6 heteroatoms. The highest BCUT2D eigenvalue weighted by Gasteiger charge is 2.46. The van der Waals surface area contributed by atoms with E-state index >= 15 is 0 Å². The summed E-state index contributed by atoms with van der Waals surface area (Å²) < 4.78 is 25.5. The van der Waals surface area contributed by atoms with Gasteiger partial charge in [0, 0.05) is 6.04 Å². The number of hydrogen-bond acceptors (Lipinski definition) is 3. The molecule has 0 heterocycles. The third-order valence-electron chi connectivity index (χ3n) is 5.02. The normalized spacial score (nSPS) is 23.0. The first-order valence-electron chi connectivity index (χ1n) is 8.62. The summed E-state index contributed by atoms with van der Waals surface area (Å²) in [4.78, 5) is 12.0. The zero-order valence-electron chi connectivity index (χ0n) is 14.7. The number of rotatable bonds is 6. The summed E-state index contributed by atoms with van der Waals surface area (Å²) in [5.41, 5.74) is 2.15. The Kier molecular flexibility index (Phi) is 5.16. The van der Waals surface area contributed by atoms with E-state index in [1.54, 1.807) is 0 Å². The number of nitrogens with one attached hydrogen (secondary N) is 1. The average Bonchev–Trinajstić information content (AvgIpc) is 2.98. The molecule has 2 aromatic rings. The van der Waals surface area contributed by atoms with Gasteiger partial charge in [0.05, 0.1) is 11.7 Å². The van der Waals surface area contributed by atoms with Crippen LogP contribution in [0.1, 0.15) is 24.8 Å². The number of carboxylic acids is 1. The van der Waals surface area contributed by atoms with Crippen molar-refractivity contribution in [3.63, 3.8) is 0 Å². The van der Waals surface area contributed by atoms with Crippen molar-refractivity contribution in [3.8, 4) is 11.1 Å². The Morgan fingerprint density at radius 2 is 1.85 bits per heavy atom. The van der Waals surface area contributed by atoms with Gasteiger partial charge in [-0.15, -0.1) is 0 Å². The van der Waals surface area contributed by atoms with Crippen LogP contribution in [0.4, 0.5) is 0 Å². The Morgan fingerprint density at radius 1 is 1.15 bits per heavy atom. The van der Waals surface area contributed by atoms with Crippen LogP contribution in [0.3, 0.4) is 0 Å². The van der Waals surface area contributed by atoms with Crippen molar-refractivity contribution in [3.05, 3.63) is 60.2 Å². The zero-order valence-corrected chi connectivity index (χ0v) is 15.5. The lowest BCUT2D eigenvalue weighted by molar-refractivity contribution is -0.148. The lowest BCUT2D eigenvalue weighted by atomic mass is 9.79. The second-order valence-electron chi connectivity index (χ2n) is 7.16. The van der Waals surface area contributed by atoms with Crippen molar-refractivity contribution in [2.45, 2.75) is 31.7 Å². The second-order valence-corrected chi connectivity index (χ2v) is 8.94. The van der Waals surface area contributed by atoms with Crippen molar-refractivity contribution >= 4 is 16.0 Å². The van der Waals surface area contributed by atoms with Crippen LogP contribution in [-0.4, -0.2) is 31.8 Å². The van der Waals surface area contributed by atoms with E-state index < -0.39 is 21.4 Å². The lowest BCUT2D eigenvalue weighted by Gasteiger charge is -2.25. The summed E-state index contributed by atoms with van der Waals surface area (Å²) in [6.45, 7) is 0. The number of aliphatic carboxylic acids is 1. The maximum Gasteiger partial charge on any atom is 0.310 e. The molecule has 2 atom stereocenters. The first-order chi connectivity index (χ1) is 12.3. The van der Waals surface area contributed by atoms with Gasteiger partial charge in [-0.25, -0.2) is 13.1 Å². The lowest BCUT2D eigenvalue weighted by Crippen LogP contribution is -2.36. The number of hydrogen-bond donors (Lipinski definition) is 2. The molecule has 0 radical (unpaired) electrons. The molecule has 1 fully saturated rings. The van der Waals surface area contributed by atoms with Crippen LogP contribution >= 0.6 is 0 Å². The average molecular weight is 373 g/mol. The minimum atomic E-state index is -3.34. The van der Waals surface area contributed by atoms with Gasteiger partial charge in [-0.1, -0.05) is 54.6 Å². The molecule has 0 saturated heterocycles. The van der Waals surface area contributed by atoms with Gasteiger partial charge < -0.3 is 5.11 Å². The number of benzene rings is 2. The third-order valence-corrected chi connectivity index (χ3v) is 5.78. The molecular weight excluding hydrogens is 350 g/mol. The molecule has 0 bridgehead atoms. The first kappa shape index (κ1) is 18.6. The van der Waals surface area contributed by atoms with E-state index in [1.165, 1.54) is 0 Å². The fraction of sp³-hybridized carbons (Fsp3) is 0.350. The van der Waals surface area contributed by atoms with E-state index in [0.717, 1.165) is 22.9 Å². The van der Waals surface area contributed by atoms with Gasteiger partial charge in [0.15, 0.2) is 0 Å². The smallest absolute Gasteiger partial charge is 0.310 e. The highest BCUT2D eigenvalue weighted by atomic mass is 32.2. The van der Waals surface area contributed by atoms with Crippen molar-refractivity contribution in [1.82, 2.24) is 4.72 Å². The molecule has 1 saturated carbocycles. The minimum Gasteiger partial charge on any atom is -0.481 e. The van der Waals surface area contributed by atoms with Crippen LogP contribution in [0.25, 0.3) is 11.1 Å².